The molecule has 21 heavy (non-hydrogen) atoms. The van der Waals surface area contributed by atoms with Gasteiger partial charge in [0, 0.05) is 20.1 Å². The first-order chi connectivity index (χ1) is 10.0. The van der Waals surface area contributed by atoms with Gasteiger partial charge < -0.3 is 10.2 Å². The lowest BCUT2D eigenvalue weighted by atomic mass is 9.97. The van der Waals surface area contributed by atoms with Gasteiger partial charge in [0.1, 0.15) is 0 Å². The molecule has 1 aromatic heterocycles. The summed E-state index contributed by atoms with van der Waals surface area (Å²) < 4.78 is 2.59. The maximum Gasteiger partial charge on any atom is 0.245 e. The second-order valence-corrected chi connectivity index (χ2v) is 5.96. The summed E-state index contributed by atoms with van der Waals surface area (Å²) in [5.74, 6) is -0.291. The third-order valence-corrected chi connectivity index (χ3v) is 4.38. The van der Waals surface area contributed by atoms with E-state index in [2.05, 4.69) is 32.9 Å². The van der Waals surface area contributed by atoms with Crippen LogP contribution in [0.25, 0.3) is 0 Å². The molecular weight excluding hydrogens is 336 g/mol. The highest BCUT2D eigenvalue weighted by Gasteiger charge is 2.27. The predicted molar refractivity (Wildman–Crippen MR) is 82.3 cm³/mol. The lowest BCUT2D eigenvalue weighted by molar-refractivity contribution is -0.132. The third-order valence-electron chi connectivity index (χ3n) is 3.72. The van der Waals surface area contributed by atoms with Gasteiger partial charge in [0.2, 0.25) is 11.8 Å². The average Bonchev–Trinajstić information content (AvgIpc) is 2.83. The third kappa shape index (κ3) is 3.72. The largest absolute Gasteiger partial charge is 0.350 e. The monoisotopic (exact) mass is 354 g/mol. The quantitative estimate of drug-likeness (QED) is 0.826. The molecule has 0 bridgehead atoms. The van der Waals surface area contributed by atoms with Crippen LogP contribution in [0.15, 0.2) is 23.3 Å². The molecule has 1 saturated heterocycles. The molecule has 0 aromatic carbocycles. The van der Waals surface area contributed by atoms with Crippen molar-refractivity contribution < 1.29 is 9.59 Å². The van der Waals surface area contributed by atoms with Gasteiger partial charge in [-0.3, -0.25) is 14.3 Å². The zero-order chi connectivity index (χ0) is 15.4. The maximum atomic E-state index is 12.3. The number of piperidine rings is 1. The Morgan fingerprint density at radius 2 is 2.38 bits per heavy atom. The zero-order valence-corrected chi connectivity index (χ0v) is 13.6. The topological polar surface area (TPSA) is 67.2 Å². The van der Waals surface area contributed by atoms with Gasteiger partial charge in [-0.2, -0.15) is 5.10 Å². The SMILES string of the molecule is C=CC(=O)N1CCCC(C(=O)NCc2c(Br)cnn2C)C1. The van der Waals surface area contributed by atoms with Crippen LogP contribution < -0.4 is 5.32 Å². The standard InChI is InChI=1S/C14H19BrN4O2/c1-3-13(20)19-6-4-5-10(9-19)14(21)16-8-12-11(15)7-17-18(12)2/h3,7,10H,1,4-6,8-9H2,2H3,(H,16,21). The molecule has 0 spiro atoms. The maximum absolute atomic E-state index is 12.3. The Morgan fingerprint density at radius 1 is 1.62 bits per heavy atom. The van der Waals surface area contributed by atoms with Crippen LogP contribution in [0, 0.1) is 5.92 Å². The van der Waals surface area contributed by atoms with Crippen LogP contribution in [0.5, 0.6) is 0 Å². The smallest absolute Gasteiger partial charge is 0.245 e. The van der Waals surface area contributed by atoms with E-state index in [0.29, 0.717) is 19.6 Å². The van der Waals surface area contributed by atoms with Crippen LogP contribution in [0.2, 0.25) is 0 Å². The molecule has 1 fully saturated rings. The van der Waals surface area contributed by atoms with Gasteiger partial charge in [0.05, 0.1) is 28.8 Å². The minimum Gasteiger partial charge on any atom is -0.350 e. The van der Waals surface area contributed by atoms with Gasteiger partial charge >= 0.3 is 0 Å². The van der Waals surface area contributed by atoms with Crippen molar-refractivity contribution in [1.29, 1.82) is 0 Å². The summed E-state index contributed by atoms with van der Waals surface area (Å²) in [5.41, 5.74) is 0.915. The number of aryl methyl sites for hydroxylation is 1. The van der Waals surface area contributed by atoms with Gasteiger partial charge in [-0.15, -0.1) is 0 Å². The number of halogens is 1. The fraction of sp³-hybridized carbons (Fsp3) is 0.500. The molecule has 2 rings (SSSR count). The highest BCUT2D eigenvalue weighted by Crippen LogP contribution is 2.18. The molecule has 7 heteroatoms. The van der Waals surface area contributed by atoms with Crippen molar-refractivity contribution in [2.24, 2.45) is 13.0 Å². The normalized spacial score (nSPS) is 18.4. The predicted octanol–water partition coefficient (Wildman–Crippen LogP) is 1.22. The van der Waals surface area contributed by atoms with Gasteiger partial charge in [0.15, 0.2) is 0 Å². The van der Waals surface area contributed by atoms with Crippen molar-refractivity contribution >= 4 is 27.7 Å². The minimum absolute atomic E-state index is 0.0235. The average molecular weight is 355 g/mol. The number of aromatic nitrogens is 2. The Kier molecular flexibility index (Phi) is 5.17. The number of likely N-dealkylation sites (tertiary alicyclic amines) is 1. The summed E-state index contributed by atoms with van der Waals surface area (Å²) in [7, 11) is 1.83. The van der Waals surface area contributed by atoms with Crippen molar-refractivity contribution in [1.82, 2.24) is 20.0 Å². The molecule has 0 aliphatic carbocycles. The number of hydrogen-bond acceptors (Lipinski definition) is 3. The number of nitrogens with one attached hydrogen (secondary N) is 1. The summed E-state index contributed by atoms with van der Waals surface area (Å²) in [5, 5.41) is 7.03. The van der Waals surface area contributed by atoms with Crippen molar-refractivity contribution in [2.75, 3.05) is 13.1 Å². The van der Waals surface area contributed by atoms with Crippen molar-refractivity contribution in [2.45, 2.75) is 19.4 Å². The van der Waals surface area contributed by atoms with E-state index in [1.807, 2.05) is 7.05 Å². The van der Waals surface area contributed by atoms with Crippen LogP contribution in [-0.4, -0.2) is 39.6 Å². The number of rotatable bonds is 4. The molecule has 0 saturated carbocycles. The van der Waals surface area contributed by atoms with Crippen LogP contribution in [-0.2, 0) is 23.2 Å². The van der Waals surface area contributed by atoms with Crippen molar-refractivity contribution in [3.05, 3.63) is 29.0 Å². The summed E-state index contributed by atoms with van der Waals surface area (Å²) in [4.78, 5) is 25.6. The van der Waals surface area contributed by atoms with Gasteiger partial charge in [-0.1, -0.05) is 6.58 Å². The Hall–Kier alpha value is -1.63. The molecule has 1 aliphatic rings. The Morgan fingerprint density at radius 3 is 3.00 bits per heavy atom. The highest BCUT2D eigenvalue weighted by molar-refractivity contribution is 9.10. The molecule has 1 unspecified atom stereocenters. The van der Waals surface area contributed by atoms with Crippen molar-refractivity contribution in [3.8, 4) is 0 Å². The van der Waals surface area contributed by atoms with Gasteiger partial charge in [-0.05, 0) is 34.8 Å². The van der Waals surface area contributed by atoms with Crippen LogP contribution in [0.1, 0.15) is 18.5 Å². The van der Waals surface area contributed by atoms with Crippen molar-refractivity contribution in [3.63, 3.8) is 0 Å². The molecule has 114 valence electrons. The first kappa shape index (κ1) is 15.8. The Balaban J connectivity index is 1.91. The molecule has 1 N–H and O–H groups in total. The molecular formula is C14H19BrN4O2. The lowest BCUT2D eigenvalue weighted by Crippen LogP contribution is -2.44. The minimum atomic E-state index is -0.158. The van der Waals surface area contributed by atoms with E-state index >= 15 is 0 Å². The van der Waals surface area contributed by atoms with E-state index in [4.69, 9.17) is 0 Å². The van der Waals surface area contributed by atoms with E-state index in [0.717, 1.165) is 23.0 Å². The fourth-order valence-electron chi connectivity index (χ4n) is 2.47. The second kappa shape index (κ2) is 6.89. The van der Waals surface area contributed by atoms with Crippen LogP contribution >= 0.6 is 15.9 Å². The van der Waals surface area contributed by atoms with E-state index < -0.39 is 0 Å². The van der Waals surface area contributed by atoms with Gasteiger partial charge in [-0.25, -0.2) is 0 Å². The molecule has 1 aromatic rings. The van der Waals surface area contributed by atoms with E-state index in [1.165, 1.54) is 6.08 Å². The van der Waals surface area contributed by atoms with E-state index in [9.17, 15) is 9.59 Å². The number of carbonyl (C=O) groups excluding carboxylic acids is 2. The molecule has 1 atom stereocenters. The molecule has 6 nitrogen and oxygen atoms in total. The Bertz CT molecular complexity index is 536. The number of hydrogen-bond donors (Lipinski definition) is 1. The lowest BCUT2D eigenvalue weighted by Gasteiger charge is -2.31. The number of carbonyl (C=O) groups is 2. The summed E-state index contributed by atoms with van der Waals surface area (Å²) >= 11 is 3.40. The van der Waals surface area contributed by atoms with Gasteiger partial charge in [0.25, 0.3) is 0 Å². The summed E-state index contributed by atoms with van der Waals surface area (Å²) in [6.07, 6.45) is 4.64. The van der Waals surface area contributed by atoms with E-state index in [-0.39, 0.29) is 17.7 Å². The van der Waals surface area contributed by atoms with Crippen LogP contribution in [0.3, 0.4) is 0 Å². The first-order valence-corrected chi connectivity index (χ1v) is 7.67. The Labute approximate surface area is 132 Å². The molecule has 2 heterocycles. The van der Waals surface area contributed by atoms with Crippen LogP contribution in [0.4, 0.5) is 0 Å². The molecule has 1 aliphatic heterocycles. The fourth-order valence-corrected chi connectivity index (χ4v) is 2.96. The highest BCUT2D eigenvalue weighted by atomic mass is 79.9. The molecule has 0 radical (unpaired) electrons. The second-order valence-electron chi connectivity index (χ2n) is 5.11. The summed E-state index contributed by atoms with van der Waals surface area (Å²) in [6, 6.07) is 0. The zero-order valence-electron chi connectivity index (χ0n) is 12.0. The summed E-state index contributed by atoms with van der Waals surface area (Å²) in [6.45, 7) is 5.06. The number of nitrogens with zero attached hydrogens (tertiary/aromatic N) is 3. The first-order valence-electron chi connectivity index (χ1n) is 6.88. The molecule has 2 amide bonds. The number of amides is 2. The van der Waals surface area contributed by atoms with E-state index in [1.54, 1.807) is 15.8 Å².